The Balaban J connectivity index is 1.26. The van der Waals surface area contributed by atoms with Crippen molar-refractivity contribution in [3.63, 3.8) is 0 Å². The van der Waals surface area contributed by atoms with Crippen molar-refractivity contribution in [1.29, 1.82) is 0 Å². The average Bonchev–Trinajstić information content (AvgIpc) is 3.27. The normalized spacial score (nSPS) is 15.0. The highest BCUT2D eigenvalue weighted by Gasteiger charge is 2.43. The Morgan fingerprint density at radius 3 is 2.52 bits per heavy atom. The van der Waals surface area contributed by atoms with E-state index in [0.717, 1.165) is 24.5 Å². The van der Waals surface area contributed by atoms with Crippen molar-refractivity contribution in [1.82, 2.24) is 10.3 Å². The van der Waals surface area contributed by atoms with E-state index in [1.54, 1.807) is 11.3 Å². The van der Waals surface area contributed by atoms with Gasteiger partial charge in [-0.2, -0.15) is 0 Å². The largest absolute Gasteiger partial charge is 0.487 e. The zero-order valence-corrected chi connectivity index (χ0v) is 15.0. The van der Waals surface area contributed by atoms with Gasteiger partial charge in [0.05, 0.1) is 11.2 Å². The van der Waals surface area contributed by atoms with Crippen LogP contribution < -0.4 is 10.1 Å². The van der Waals surface area contributed by atoms with Gasteiger partial charge < -0.3 is 10.1 Å². The molecule has 0 spiro atoms. The Morgan fingerprint density at radius 2 is 1.84 bits per heavy atom. The minimum Gasteiger partial charge on any atom is -0.487 e. The molecule has 0 atom stereocenters. The summed E-state index contributed by atoms with van der Waals surface area (Å²) in [7, 11) is 0. The van der Waals surface area contributed by atoms with Gasteiger partial charge in [0.2, 0.25) is 0 Å². The molecule has 0 radical (unpaired) electrons. The summed E-state index contributed by atoms with van der Waals surface area (Å²) in [6, 6.07) is 19.2. The third-order valence-corrected chi connectivity index (χ3v) is 5.46. The lowest BCUT2D eigenvalue weighted by atomic mass is 9.96. The van der Waals surface area contributed by atoms with Crippen molar-refractivity contribution in [3.8, 4) is 5.75 Å². The number of aromatic nitrogens is 1. The third-order valence-electron chi connectivity index (χ3n) is 4.83. The van der Waals surface area contributed by atoms with E-state index in [1.165, 1.54) is 24.0 Å². The van der Waals surface area contributed by atoms with Gasteiger partial charge in [0.1, 0.15) is 12.4 Å². The molecule has 4 heteroatoms. The van der Waals surface area contributed by atoms with E-state index in [4.69, 9.17) is 4.74 Å². The maximum Gasteiger partial charge on any atom is 0.131 e. The molecule has 0 amide bonds. The first-order valence-electron chi connectivity index (χ1n) is 8.69. The zero-order chi connectivity index (χ0) is 17.0. The summed E-state index contributed by atoms with van der Waals surface area (Å²) in [6.45, 7) is 2.46. The molecule has 3 nitrogen and oxygen atoms in total. The van der Waals surface area contributed by atoms with E-state index in [9.17, 15) is 0 Å². The maximum absolute atomic E-state index is 5.76. The summed E-state index contributed by atoms with van der Waals surface area (Å²) in [5.74, 6) is 0.889. The van der Waals surface area contributed by atoms with E-state index < -0.39 is 0 Å². The Labute approximate surface area is 152 Å². The summed E-state index contributed by atoms with van der Waals surface area (Å²) < 4.78 is 5.76. The monoisotopic (exact) mass is 350 g/mol. The fourth-order valence-electron chi connectivity index (χ4n) is 3.13. The Kier molecular flexibility index (Phi) is 4.81. The van der Waals surface area contributed by atoms with Crippen molar-refractivity contribution >= 4 is 11.3 Å². The molecule has 1 aliphatic carbocycles. The minimum absolute atomic E-state index is 0.359. The van der Waals surface area contributed by atoms with Crippen LogP contribution in [0.2, 0.25) is 0 Å². The number of hydrogen-bond donors (Lipinski definition) is 1. The molecule has 128 valence electrons. The van der Waals surface area contributed by atoms with Crippen LogP contribution in [0.25, 0.3) is 0 Å². The molecule has 1 heterocycles. The first-order valence-corrected chi connectivity index (χ1v) is 9.63. The van der Waals surface area contributed by atoms with Gasteiger partial charge in [0.15, 0.2) is 0 Å². The Morgan fingerprint density at radius 1 is 1.04 bits per heavy atom. The highest BCUT2D eigenvalue weighted by molar-refractivity contribution is 7.07. The molecule has 1 N–H and O–H groups in total. The van der Waals surface area contributed by atoms with Gasteiger partial charge in [-0.05, 0) is 36.1 Å². The van der Waals surface area contributed by atoms with Crippen molar-refractivity contribution in [2.45, 2.75) is 31.4 Å². The first-order chi connectivity index (χ1) is 12.3. The molecular formula is C21H22N2OS. The molecule has 0 saturated heterocycles. The summed E-state index contributed by atoms with van der Waals surface area (Å²) in [4.78, 5) is 4.23. The maximum atomic E-state index is 5.76. The smallest absolute Gasteiger partial charge is 0.131 e. The minimum atomic E-state index is 0.359. The van der Waals surface area contributed by atoms with Crippen molar-refractivity contribution in [2.24, 2.45) is 0 Å². The standard InChI is InChI=1S/C21H22N2OS/c1-2-4-18(5-3-1)21(10-11-21)15-22-12-17-6-8-20(9-7-17)24-13-19-14-25-16-23-19/h1-9,14,16,22H,10-13,15H2. The number of thiazole rings is 1. The second-order valence-corrected chi connectivity index (χ2v) is 7.38. The molecule has 3 aromatic rings. The summed E-state index contributed by atoms with van der Waals surface area (Å²) in [5, 5.41) is 5.64. The quantitative estimate of drug-likeness (QED) is 0.647. The lowest BCUT2D eigenvalue weighted by Crippen LogP contribution is -2.26. The lowest BCUT2D eigenvalue weighted by molar-refractivity contribution is 0.302. The molecule has 1 aliphatic rings. The molecule has 0 bridgehead atoms. The fraction of sp³-hybridized carbons (Fsp3) is 0.286. The number of nitrogens with one attached hydrogen (secondary N) is 1. The van der Waals surface area contributed by atoms with Crippen LogP contribution in [0, 0.1) is 0 Å². The Hall–Kier alpha value is -2.17. The second kappa shape index (κ2) is 7.38. The summed E-state index contributed by atoms with van der Waals surface area (Å²) in [6.07, 6.45) is 2.57. The highest BCUT2D eigenvalue weighted by Crippen LogP contribution is 2.47. The molecular weight excluding hydrogens is 328 g/mol. The molecule has 2 aromatic carbocycles. The molecule has 0 aliphatic heterocycles. The van der Waals surface area contributed by atoms with Gasteiger partial charge in [0, 0.05) is 23.9 Å². The fourth-order valence-corrected chi connectivity index (χ4v) is 3.67. The van der Waals surface area contributed by atoms with Crippen LogP contribution in [0.3, 0.4) is 0 Å². The molecule has 25 heavy (non-hydrogen) atoms. The van der Waals surface area contributed by atoms with Gasteiger partial charge in [-0.15, -0.1) is 11.3 Å². The third kappa shape index (κ3) is 4.09. The highest BCUT2D eigenvalue weighted by atomic mass is 32.1. The SMILES string of the molecule is c1ccc(C2(CNCc3ccc(OCc4cscn4)cc3)CC2)cc1. The molecule has 0 unspecified atom stereocenters. The predicted octanol–water partition coefficient (Wildman–Crippen LogP) is 4.54. The first kappa shape index (κ1) is 16.3. The zero-order valence-electron chi connectivity index (χ0n) is 14.2. The average molecular weight is 350 g/mol. The molecule has 1 saturated carbocycles. The lowest BCUT2D eigenvalue weighted by Gasteiger charge is -2.16. The number of benzene rings is 2. The van der Waals surface area contributed by atoms with Gasteiger partial charge >= 0.3 is 0 Å². The van der Waals surface area contributed by atoms with Crippen molar-refractivity contribution in [2.75, 3.05) is 6.54 Å². The predicted molar refractivity (Wildman–Crippen MR) is 102 cm³/mol. The molecule has 1 fully saturated rings. The van der Waals surface area contributed by atoms with Crippen LogP contribution in [0.5, 0.6) is 5.75 Å². The van der Waals surface area contributed by atoms with Gasteiger partial charge in [-0.3, -0.25) is 0 Å². The van der Waals surface area contributed by atoms with Gasteiger partial charge in [0.25, 0.3) is 0 Å². The van der Waals surface area contributed by atoms with E-state index in [1.807, 2.05) is 23.0 Å². The van der Waals surface area contributed by atoms with E-state index in [-0.39, 0.29) is 0 Å². The van der Waals surface area contributed by atoms with Crippen molar-refractivity contribution < 1.29 is 4.74 Å². The number of rotatable bonds is 8. The topological polar surface area (TPSA) is 34.1 Å². The van der Waals surface area contributed by atoms with Gasteiger partial charge in [-0.1, -0.05) is 42.5 Å². The second-order valence-electron chi connectivity index (χ2n) is 6.66. The van der Waals surface area contributed by atoms with E-state index in [0.29, 0.717) is 12.0 Å². The van der Waals surface area contributed by atoms with Crippen LogP contribution in [-0.4, -0.2) is 11.5 Å². The van der Waals surface area contributed by atoms with Crippen LogP contribution >= 0.6 is 11.3 Å². The van der Waals surface area contributed by atoms with Crippen LogP contribution in [0.4, 0.5) is 0 Å². The van der Waals surface area contributed by atoms with E-state index in [2.05, 4.69) is 52.8 Å². The number of hydrogen-bond acceptors (Lipinski definition) is 4. The van der Waals surface area contributed by atoms with Crippen LogP contribution in [-0.2, 0) is 18.6 Å². The van der Waals surface area contributed by atoms with Crippen LogP contribution in [0.1, 0.15) is 29.7 Å². The summed E-state index contributed by atoms with van der Waals surface area (Å²) >= 11 is 1.59. The summed E-state index contributed by atoms with van der Waals surface area (Å²) in [5.41, 5.74) is 5.91. The Bertz CT molecular complexity index is 781. The molecule has 4 rings (SSSR count). The van der Waals surface area contributed by atoms with E-state index >= 15 is 0 Å². The number of ether oxygens (including phenoxy) is 1. The molecule has 1 aromatic heterocycles. The van der Waals surface area contributed by atoms with Crippen LogP contribution in [0.15, 0.2) is 65.5 Å². The number of nitrogens with zero attached hydrogens (tertiary/aromatic N) is 1. The van der Waals surface area contributed by atoms with Gasteiger partial charge in [-0.25, -0.2) is 4.98 Å². The van der Waals surface area contributed by atoms with Crippen molar-refractivity contribution in [3.05, 3.63) is 82.3 Å².